The zero-order valence-electron chi connectivity index (χ0n) is 9.31. The van der Waals surface area contributed by atoms with E-state index in [0.717, 1.165) is 6.42 Å². The number of hydrogen-bond acceptors (Lipinski definition) is 4. The highest BCUT2D eigenvalue weighted by Gasteiger charge is 2.50. The predicted molar refractivity (Wildman–Crippen MR) is 58.4 cm³/mol. The van der Waals surface area contributed by atoms with Crippen LogP contribution in [0.5, 0.6) is 0 Å². The van der Waals surface area contributed by atoms with E-state index in [0.29, 0.717) is 19.1 Å². The van der Waals surface area contributed by atoms with Crippen molar-refractivity contribution in [1.29, 1.82) is 0 Å². The highest BCUT2D eigenvalue weighted by molar-refractivity contribution is 7.91. The number of sulfone groups is 1. The van der Waals surface area contributed by atoms with E-state index < -0.39 is 9.84 Å². The van der Waals surface area contributed by atoms with Gasteiger partial charge in [0.25, 0.3) is 0 Å². The fourth-order valence-corrected chi connectivity index (χ4v) is 3.77. The third-order valence-electron chi connectivity index (χ3n) is 3.98. The quantitative estimate of drug-likeness (QED) is 0.686. The maximum absolute atomic E-state index is 11.3. The first kappa shape index (κ1) is 11.4. The molecular formula is C10H19NO3S. The maximum Gasteiger partial charge on any atom is 0.152 e. The summed E-state index contributed by atoms with van der Waals surface area (Å²) in [6.07, 6.45) is 0.550. The standard InChI is InChI=1S/C10H19NO3S/c1-10(2)8(7-9(10)12)11-3-5-15(13,14)6-4-11/h8-9,12H,3-7H2,1-2H3. The van der Waals surface area contributed by atoms with Gasteiger partial charge in [-0.15, -0.1) is 0 Å². The van der Waals surface area contributed by atoms with Crippen molar-refractivity contribution < 1.29 is 13.5 Å². The largest absolute Gasteiger partial charge is 0.392 e. The van der Waals surface area contributed by atoms with Gasteiger partial charge in [-0.25, -0.2) is 8.42 Å². The molecule has 0 spiro atoms. The predicted octanol–water partition coefficient (Wildman–Crippen LogP) is -0.124. The molecule has 0 aromatic rings. The highest BCUT2D eigenvalue weighted by atomic mass is 32.2. The van der Waals surface area contributed by atoms with Gasteiger partial charge in [-0.05, 0) is 6.42 Å². The first-order chi connectivity index (χ1) is 6.83. The minimum Gasteiger partial charge on any atom is -0.392 e. The van der Waals surface area contributed by atoms with Gasteiger partial charge in [0.2, 0.25) is 0 Å². The number of aliphatic hydroxyl groups is 1. The van der Waals surface area contributed by atoms with E-state index in [9.17, 15) is 13.5 Å². The number of nitrogens with zero attached hydrogens (tertiary/aromatic N) is 1. The molecule has 1 aliphatic heterocycles. The number of hydrogen-bond donors (Lipinski definition) is 1. The Hall–Kier alpha value is -0.130. The van der Waals surface area contributed by atoms with Crippen molar-refractivity contribution in [2.24, 2.45) is 5.41 Å². The summed E-state index contributed by atoms with van der Waals surface area (Å²) in [5.74, 6) is 0.547. The lowest BCUT2D eigenvalue weighted by molar-refractivity contribution is -0.118. The molecule has 1 saturated heterocycles. The summed E-state index contributed by atoms with van der Waals surface area (Å²) in [6.45, 7) is 5.36. The summed E-state index contributed by atoms with van der Waals surface area (Å²) < 4.78 is 22.5. The van der Waals surface area contributed by atoms with Gasteiger partial charge in [0, 0.05) is 24.5 Å². The van der Waals surface area contributed by atoms with E-state index >= 15 is 0 Å². The van der Waals surface area contributed by atoms with Gasteiger partial charge < -0.3 is 5.11 Å². The van der Waals surface area contributed by atoms with Gasteiger partial charge in [-0.3, -0.25) is 4.90 Å². The first-order valence-corrected chi connectivity index (χ1v) is 7.27. The van der Waals surface area contributed by atoms with Gasteiger partial charge in [0.05, 0.1) is 17.6 Å². The molecular weight excluding hydrogens is 214 g/mol. The summed E-state index contributed by atoms with van der Waals surface area (Å²) in [7, 11) is -2.79. The summed E-state index contributed by atoms with van der Waals surface area (Å²) in [5.41, 5.74) is -0.0822. The molecule has 2 fully saturated rings. The van der Waals surface area contributed by atoms with Crippen LogP contribution in [0.25, 0.3) is 0 Å². The van der Waals surface area contributed by atoms with E-state index in [2.05, 4.69) is 18.7 Å². The Kier molecular flexibility index (Phi) is 2.60. The SMILES string of the molecule is CC1(C)C(O)CC1N1CCS(=O)(=O)CC1. The molecule has 0 amide bonds. The average molecular weight is 233 g/mol. The van der Waals surface area contributed by atoms with E-state index in [4.69, 9.17) is 0 Å². The van der Waals surface area contributed by atoms with E-state index in [1.807, 2.05) is 0 Å². The molecule has 1 heterocycles. The van der Waals surface area contributed by atoms with Crippen molar-refractivity contribution in [3.8, 4) is 0 Å². The Morgan fingerprint density at radius 2 is 1.80 bits per heavy atom. The molecule has 0 aromatic carbocycles. The Labute approximate surface area is 91.2 Å². The molecule has 5 heteroatoms. The van der Waals surface area contributed by atoms with Crippen molar-refractivity contribution in [3.05, 3.63) is 0 Å². The second-order valence-corrected chi connectivity index (χ2v) is 7.58. The van der Waals surface area contributed by atoms with Crippen molar-refractivity contribution in [3.63, 3.8) is 0 Å². The van der Waals surface area contributed by atoms with Crippen LogP contribution in [-0.2, 0) is 9.84 Å². The molecule has 1 aliphatic carbocycles. The molecule has 0 radical (unpaired) electrons. The molecule has 0 aromatic heterocycles. The topological polar surface area (TPSA) is 57.6 Å². The molecule has 15 heavy (non-hydrogen) atoms. The summed E-state index contributed by atoms with van der Waals surface area (Å²) >= 11 is 0. The van der Waals surface area contributed by atoms with E-state index in [1.54, 1.807) is 0 Å². The van der Waals surface area contributed by atoms with Crippen LogP contribution in [0.4, 0.5) is 0 Å². The van der Waals surface area contributed by atoms with Crippen molar-refractivity contribution >= 4 is 9.84 Å². The molecule has 2 unspecified atom stereocenters. The molecule has 2 aliphatic rings. The van der Waals surface area contributed by atoms with Crippen LogP contribution in [0.2, 0.25) is 0 Å². The first-order valence-electron chi connectivity index (χ1n) is 5.45. The van der Waals surface area contributed by atoms with Crippen LogP contribution in [0.1, 0.15) is 20.3 Å². The highest BCUT2D eigenvalue weighted by Crippen LogP contribution is 2.44. The third kappa shape index (κ3) is 1.92. The second-order valence-electron chi connectivity index (χ2n) is 5.28. The number of rotatable bonds is 1. The monoisotopic (exact) mass is 233 g/mol. The van der Waals surface area contributed by atoms with Gasteiger partial charge in [0.1, 0.15) is 0 Å². The van der Waals surface area contributed by atoms with Crippen LogP contribution >= 0.6 is 0 Å². The Balaban J connectivity index is 1.98. The second kappa shape index (κ2) is 3.43. The van der Waals surface area contributed by atoms with E-state index in [-0.39, 0.29) is 23.0 Å². The van der Waals surface area contributed by atoms with Crippen LogP contribution < -0.4 is 0 Å². The normalized spacial score (nSPS) is 39.7. The maximum atomic E-state index is 11.3. The smallest absolute Gasteiger partial charge is 0.152 e. The molecule has 0 bridgehead atoms. The van der Waals surface area contributed by atoms with Crippen LogP contribution in [0.3, 0.4) is 0 Å². The minimum absolute atomic E-state index is 0.0822. The lowest BCUT2D eigenvalue weighted by Gasteiger charge is -2.54. The van der Waals surface area contributed by atoms with E-state index in [1.165, 1.54) is 0 Å². The van der Waals surface area contributed by atoms with Crippen LogP contribution in [0, 0.1) is 5.41 Å². The molecule has 2 rings (SSSR count). The minimum atomic E-state index is -2.79. The van der Waals surface area contributed by atoms with Gasteiger partial charge in [-0.2, -0.15) is 0 Å². The molecule has 1 N–H and O–H groups in total. The van der Waals surface area contributed by atoms with Crippen molar-refractivity contribution in [1.82, 2.24) is 4.90 Å². The molecule has 1 saturated carbocycles. The van der Waals surface area contributed by atoms with Gasteiger partial charge in [-0.1, -0.05) is 13.8 Å². The fourth-order valence-electron chi connectivity index (χ4n) is 2.54. The van der Waals surface area contributed by atoms with Crippen LogP contribution in [-0.4, -0.2) is 55.2 Å². The van der Waals surface area contributed by atoms with Crippen LogP contribution in [0.15, 0.2) is 0 Å². The zero-order valence-corrected chi connectivity index (χ0v) is 10.1. The Bertz CT molecular complexity index is 336. The molecule has 4 nitrogen and oxygen atoms in total. The van der Waals surface area contributed by atoms with Crippen molar-refractivity contribution in [2.45, 2.75) is 32.4 Å². The molecule has 88 valence electrons. The lowest BCUT2D eigenvalue weighted by Crippen LogP contribution is -2.63. The fraction of sp³-hybridized carbons (Fsp3) is 1.00. The Morgan fingerprint density at radius 1 is 1.27 bits per heavy atom. The summed E-state index contributed by atoms with van der Waals surface area (Å²) in [4.78, 5) is 2.22. The Morgan fingerprint density at radius 3 is 2.20 bits per heavy atom. The third-order valence-corrected chi connectivity index (χ3v) is 5.59. The lowest BCUT2D eigenvalue weighted by atomic mass is 9.64. The van der Waals surface area contributed by atoms with Crippen molar-refractivity contribution in [2.75, 3.05) is 24.6 Å². The zero-order chi connectivity index (χ0) is 11.3. The average Bonchev–Trinajstić information content (AvgIpc) is 2.15. The summed E-state index contributed by atoms with van der Waals surface area (Å²) in [5, 5.41) is 9.63. The van der Waals surface area contributed by atoms with Gasteiger partial charge in [0.15, 0.2) is 9.84 Å². The summed E-state index contributed by atoms with van der Waals surface area (Å²) in [6, 6.07) is 0.350. The van der Waals surface area contributed by atoms with Gasteiger partial charge >= 0.3 is 0 Å². The molecule has 2 atom stereocenters. The number of aliphatic hydroxyl groups excluding tert-OH is 1.